The second-order valence-electron chi connectivity index (χ2n) is 6.55. The van der Waals surface area contributed by atoms with E-state index in [4.69, 9.17) is 9.97 Å². The molecule has 0 radical (unpaired) electrons. The number of carbonyl (C=O) groups excluding carboxylic acids is 1. The van der Waals surface area contributed by atoms with Crippen molar-refractivity contribution in [3.05, 3.63) is 78.4 Å². The van der Waals surface area contributed by atoms with E-state index in [2.05, 4.69) is 5.32 Å². The highest BCUT2D eigenvalue weighted by atomic mass is 16.4. The molecule has 4 aromatic rings. The molecule has 0 fully saturated rings. The Morgan fingerprint density at radius 3 is 2.03 bits per heavy atom. The van der Waals surface area contributed by atoms with E-state index in [9.17, 15) is 14.7 Å². The number of hydrogen-bond donors (Lipinski definition) is 2. The van der Waals surface area contributed by atoms with Crippen molar-refractivity contribution in [2.45, 2.75) is 6.92 Å². The number of rotatable bonds is 4. The van der Waals surface area contributed by atoms with Gasteiger partial charge in [-0.2, -0.15) is 0 Å². The Morgan fingerprint density at radius 1 is 0.793 bits per heavy atom. The molecule has 1 amide bonds. The monoisotopic (exact) mass is 383 g/mol. The molecule has 0 aliphatic rings. The molecular formula is C23H17N3O3. The number of fused-ring (bicyclic) bond motifs is 1. The summed E-state index contributed by atoms with van der Waals surface area (Å²) in [6.07, 6.45) is 0. The lowest BCUT2D eigenvalue weighted by Gasteiger charge is -2.11. The van der Waals surface area contributed by atoms with Crippen LogP contribution in [0, 0.1) is 0 Å². The van der Waals surface area contributed by atoms with Crippen LogP contribution in [0.25, 0.3) is 33.5 Å². The summed E-state index contributed by atoms with van der Waals surface area (Å²) in [5, 5.41) is 12.0. The van der Waals surface area contributed by atoms with Crippen molar-refractivity contribution in [2.75, 3.05) is 5.32 Å². The molecule has 0 saturated carbocycles. The average Bonchev–Trinajstić information content (AvgIpc) is 2.73. The van der Waals surface area contributed by atoms with Crippen molar-refractivity contribution in [3.8, 4) is 22.5 Å². The summed E-state index contributed by atoms with van der Waals surface area (Å²) in [5.74, 6) is -1.14. The predicted octanol–water partition coefficient (Wildman–Crippen LogP) is 4.62. The van der Waals surface area contributed by atoms with E-state index in [0.29, 0.717) is 28.1 Å². The number of amides is 1. The highest BCUT2D eigenvalue weighted by Gasteiger charge is 2.14. The quantitative estimate of drug-likeness (QED) is 0.536. The van der Waals surface area contributed by atoms with Gasteiger partial charge in [0.1, 0.15) is 0 Å². The minimum atomic E-state index is -1.01. The SMILES string of the molecule is CC(=O)Nc1ccc(-c2nc3ccc(C(=O)O)cc3nc2-c2ccccc2)cc1. The Hall–Kier alpha value is -4.06. The largest absolute Gasteiger partial charge is 0.478 e. The molecule has 0 saturated heterocycles. The van der Waals surface area contributed by atoms with Crippen LogP contribution >= 0.6 is 0 Å². The minimum absolute atomic E-state index is 0.137. The van der Waals surface area contributed by atoms with Crippen LogP contribution in [-0.2, 0) is 4.79 Å². The molecule has 142 valence electrons. The lowest BCUT2D eigenvalue weighted by molar-refractivity contribution is -0.114. The number of carboxylic acids is 1. The highest BCUT2D eigenvalue weighted by Crippen LogP contribution is 2.31. The van der Waals surface area contributed by atoms with E-state index >= 15 is 0 Å². The van der Waals surface area contributed by atoms with Gasteiger partial charge in [-0.25, -0.2) is 14.8 Å². The van der Waals surface area contributed by atoms with Gasteiger partial charge >= 0.3 is 5.97 Å². The fraction of sp³-hybridized carbons (Fsp3) is 0.0435. The van der Waals surface area contributed by atoms with E-state index in [1.807, 2.05) is 54.6 Å². The zero-order chi connectivity index (χ0) is 20.4. The van der Waals surface area contributed by atoms with Crippen molar-refractivity contribution in [3.63, 3.8) is 0 Å². The van der Waals surface area contributed by atoms with Crippen LogP contribution in [0.15, 0.2) is 72.8 Å². The number of carboxylic acid groups (broad SMARTS) is 1. The summed E-state index contributed by atoms with van der Waals surface area (Å²) in [7, 11) is 0. The lowest BCUT2D eigenvalue weighted by atomic mass is 10.0. The smallest absolute Gasteiger partial charge is 0.335 e. The van der Waals surface area contributed by atoms with Gasteiger partial charge in [0.2, 0.25) is 5.91 Å². The van der Waals surface area contributed by atoms with Gasteiger partial charge in [0.05, 0.1) is 28.0 Å². The first-order chi connectivity index (χ1) is 14.0. The standard InChI is InChI=1S/C23H17N3O3/c1-14(27)24-18-10-7-16(8-11-18)22-21(15-5-3-2-4-6-15)26-20-13-17(23(28)29)9-12-19(20)25-22/h2-13H,1H3,(H,24,27)(H,28,29). The van der Waals surface area contributed by atoms with E-state index in [1.165, 1.54) is 19.1 Å². The third-order valence-corrected chi connectivity index (χ3v) is 4.44. The zero-order valence-electron chi connectivity index (χ0n) is 15.6. The van der Waals surface area contributed by atoms with Crippen LogP contribution in [0.4, 0.5) is 5.69 Å². The van der Waals surface area contributed by atoms with Gasteiger partial charge in [-0.3, -0.25) is 4.79 Å². The van der Waals surface area contributed by atoms with Gasteiger partial charge in [-0.1, -0.05) is 42.5 Å². The molecule has 0 unspecified atom stereocenters. The first-order valence-electron chi connectivity index (χ1n) is 9.00. The molecule has 4 rings (SSSR count). The molecule has 2 N–H and O–H groups in total. The van der Waals surface area contributed by atoms with Gasteiger partial charge in [0.15, 0.2) is 0 Å². The van der Waals surface area contributed by atoms with Gasteiger partial charge in [-0.05, 0) is 30.3 Å². The van der Waals surface area contributed by atoms with Crippen molar-refractivity contribution in [1.82, 2.24) is 9.97 Å². The average molecular weight is 383 g/mol. The number of benzene rings is 3. The van der Waals surface area contributed by atoms with Gasteiger partial charge in [0, 0.05) is 23.7 Å². The van der Waals surface area contributed by atoms with E-state index < -0.39 is 5.97 Å². The second-order valence-corrected chi connectivity index (χ2v) is 6.55. The van der Waals surface area contributed by atoms with Crippen LogP contribution in [0.2, 0.25) is 0 Å². The third kappa shape index (κ3) is 3.82. The van der Waals surface area contributed by atoms with Crippen LogP contribution in [0.1, 0.15) is 17.3 Å². The maximum absolute atomic E-state index is 11.3. The predicted molar refractivity (Wildman–Crippen MR) is 112 cm³/mol. The Labute approximate surface area is 166 Å². The van der Waals surface area contributed by atoms with Crippen LogP contribution < -0.4 is 5.32 Å². The maximum atomic E-state index is 11.3. The first kappa shape index (κ1) is 18.3. The molecule has 0 bridgehead atoms. The van der Waals surface area contributed by atoms with Gasteiger partial charge in [0.25, 0.3) is 0 Å². The van der Waals surface area contributed by atoms with E-state index in [1.54, 1.807) is 6.07 Å². The molecule has 0 atom stereocenters. The number of carbonyl (C=O) groups is 2. The highest BCUT2D eigenvalue weighted by molar-refractivity contribution is 5.94. The van der Waals surface area contributed by atoms with E-state index in [0.717, 1.165) is 11.1 Å². The third-order valence-electron chi connectivity index (χ3n) is 4.44. The lowest BCUT2D eigenvalue weighted by Crippen LogP contribution is -2.05. The van der Waals surface area contributed by atoms with Crippen molar-refractivity contribution >= 4 is 28.6 Å². The number of nitrogens with zero attached hydrogens (tertiary/aromatic N) is 2. The van der Waals surface area contributed by atoms with Gasteiger partial charge < -0.3 is 10.4 Å². The van der Waals surface area contributed by atoms with Crippen LogP contribution in [0.3, 0.4) is 0 Å². The first-order valence-corrected chi connectivity index (χ1v) is 9.00. The summed E-state index contributed by atoms with van der Waals surface area (Å²) < 4.78 is 0. The summed E-state index contributed by atoms with van der Waals surface area (Å²) in [5.41, 5.74) is 5.05. The number of nitrogens with one attached hydrogen (secondary N) is 1. The second kappa shape index (κ2) is 7.52. The molecule has 0 aliphatic carbocycles. The molecule has 0 aliphatic heterocycles. The van der Waals surface area contributed by atoms with Gasteiger partial charge in [-0.15, -0.1) is 0 Å². The summed E-state index contributed by atoms with van der Waals surface area (Å²) >= 11 is 0. The minimum Gasteiger partial charge on any atom is -0.478 e. The Balaban J connectivity index is 1.90. The number of aromatic nitrogens is 2. The Kier molecular flexibility index (Phi) is 4.75. The molecule has 1 heterocycles. The van der Waals surface area contributed by atoms with Crippen molar-refractivity contribution < 1.29 is 14.7 Å². The fourth-order valence-corrected chi connectivity index (χ4v) is 3.10. The summed E-state index contributed by atoms with van der Waals surface area (Å²) in [6.45, 7) is 1.46. The molecule has 0 spiro atoms. The number of hydrogen-bond acceptors (Lipinski definition) is 4. The molecule has 29 heavy (non-hydrogen) atoms. The topological polar surface area (TPSA) is 92.2 Å². The van der Waals surface area contributed by atoms with Crippen molar-refractivity contribution in [1.29, 1.82) is 0 Å². The normalized spacial score (nSPS) is 10.7. The zero-order valence-corrected chi connectivity index (χ0v) is 15.6. The van der Waals surface area contributed by atoms with Crippen LogP contribution in [-0.4, -0.2) is 27.0 Å². The maximum Gasteiger partial charge on any atom is 0.335 e. The molecular weight excluding hydrogens is 366 g/mol. The molecule has 6 nitrogen and oxygen atoms in total. The van der Waals surface area contributed by atoms with E-state index in [-0.39, 0.29) is 11.5 Å². The van der Waals surface area contributed by atoms with Crippen molar-refractivity contribution in [2.24, 2.45) is 0 Å². The number of aromatic carboxylic acids is 1. The fourth-order valence-electron chi connectivity index (χ4n) is 3.10. The molecule has 6 heteroatoms. The Morgan fingerprint density at radius 2 is 1.41 bits per heavy atom. The molecule has 1 aromatic heterocycles. The van der Waals surface area contributed by atoms with Crippen LogP contribution in [0.5, 0.6) is 0 Å². The Bertz CT molecular complexity index is 1220. The number of anilines is 1. The summed E-state index contributed by atoms with van der Waals surface area (Å²) in [6, 6.07) is 21.7. The molecule has 3 aromatic carbocycles. The summed E-state index contributed by atoms with van der Waals surface area (Å²) in [4.78, 5) is 32.1.